The van der Waals surface area contributed by atoms with Gasteiger partial charge in [0, 0.05) is 50.7 Å². The maximum atomic E-state index is 11.2. The van der Waals surface area contributed by atoms with Gasteiger partial charge in [-0.3, -0.25) is 9.69 Å². The molecule has 0 radical (unpaired) electrons. The van der Waals surface area contributed by atoms with Gasteiger partial charge < -0.3 is 16.0 Å². The first-order valence-electron chi connectivity index (χ1n) is 8.62. The second-order valence-corrected chi connectivity index (χ2v) is 7.19. The third-order valence-electron chi connectivity index (χ3n) is 5.51. The summed E-state index contributed by atoms with van der Waals surface area (Å²) in [6, 6.07) is 2.24. The molecule has 0 spiro atoms. The predicted octanol–water partition coefficient (Wildman–Crippen LogP) is 0.541. The second kappa shape index (κ2) is 6.63. The number of nitrogens with two attached hydrogens (primary N) is 1. The van der Waals surface area contributed by atoms with E-state index in [0.717, 1.165) is 31.6 Å². The standard InChI is InChI=1S/C16H30N4O/c1-12(21)18-14-3-2-6-19(11-14)7-8-20-15-4-5-16(20)10-13(17)9-15/h13-16H,2-11,17H2,1H3,(H,18,21)/t13?,14-,15-,16+/m1/s1. The Morgan fingerprint density at radius 2 is 1.90 bits per heavy atom. The fourth-order valence-electron chi connectivity index (χ4n) is 4.60. The van der Waals surface area contributed by atoms with Crippen LogP contribution in [0, 0.1) is 0 Å². The average Bonchev–Trinajstić information content (AvgIpc) is 2.66. The van der Waals surface area contributed by atoms with E-state index < -0.39 is 0 Å². The van der Waals surface area contributed by atoms with Crippen LogP contribution in [0.5, 0.6) is 0 Å². The molecule has 0 aliphatic carbocycles. The molecule has 0 aromatic carbocycles. The lowest BCUT2D eigenvalue weighted by Gasteiger charge is -2.40. The summed E-state index contributed by atoms with van der Waals surface area (Å²) >= 11 is 0. The average molecular weight is 294 g/mol. The van der Waals surface area contributed by atoms with Crippen LogP contribution in [0.15, 0.2) is 0 Å². The predicted molar refractivity (Wildman–Crippen MR) is 84.0 cm³/mol. The van der Waals surface area contributed by atoms with Crippen LogP contribution in [0.4, 0.5) is 0 Å². The van der Waals surface area contributed by atoms with E-state index in [0.29, 0.717) is 12.1 Å². The number of nitrogens with zero attached hydrogens (tertiary/aromatic N) is 2. The molecule has 2 bridgehead atoms. The lowest BCUT2D eigenvalue weighted by molar-refractivity contribution is -0.120. The van der Waals surface area contributed by atoms with Gasteiger partial charge in [-0.1, -0.05) is 0 Å². The summed E-state index contributed by atoms with van der Waals surface area (Å²) in [5.41, 5.74) is 6.14. The molecule has 0 aromatic heterocycles. The van der Waals surface area contributed by atoms with Crippen LogP contribution in [-0.2, 0) is 4.79 Å². The number of carbonyl (C=O) groups excluding carboxylic acids is 1. The number of amides is 1. The van der Waals surface area contributed by atoms with Crippen LogP contribution in [0.25, 0.3) is 0 Å². The van der Waals surface area contributed by atoms with Crippen LogP contribution >= 0.6 is 0 Å². The molecular weight excluding hydrogens is 264 g/mol. The molecule has 1 unspecified atom stereocenters. The van der Waals surface area contributed by atoms with Crippen molar-refractivity contribution < 1.29 is 4.79 Å². The number of nitrogens with one attached hydrogen (secondary N) is 1. The van der Waals surface area contributed by atoms with E-state index in [4.69, 9.17) is 5.73 Å². The molecule has 3 N–H and O–H groups in total. The van der Waals surface area contributed by atoms with Gasteiger partial charge >= 0.3 is 0 Å². The third kappa shape index (κ3) is 3.76. The normalized spacial score (nSPS) is 37.6. The van der Waals surface area contributed by atoms with Crippen LogP contribution in [-0.4, -0.2) is 66.1 Å². The summed E-state index contributed by atoms with van der Waals surface area (Å²) in [4.78, 5) is 16.4. The van der Waals surface area contributed by atoms with Crippen molar-refractivity contribution in [3.05, 3.63) is 0 Å². The van der Waals surface area contributed by atoms with Crippen molar-refractivity contribution in [1.82, 2.24) is 15.1 Å². The summed E-state index contributed by atoms with van der Waals surface area (Å²) in [6.45, 7) is 6.13. The quantitative estimate of drug-likeness (QED) is 0.794. The van der Waals surface area contributed by atoms with E-state index in [1.54, 1.807) is 6.92 Å². The molecule has 3 rings (SSSR count). The molecule has 5 nitrogen and oxygen atoms in total. The van der Waals surface area contributed by atoms with Crippen molar-refractivity contribution in [2.24, 2.45) is 5.73 Å². The van der Waals surface area contributed by atoms with E-state index in [1.165, 1.54) is 45.2 Å². The molecule has 3 heterocycles. The van der Waals surface area contributed by atoms with Crippen molar-refractivity contribution in [2.45, 2.75) is 69.6 Å². The van der Waals surface area contributed by atoms with Gasteiger partial charge in [0.2, 0.25) is 5.91 Å². The topological polar surface area (TPSA) is 61.6 Å². The van der Waals surface area contributed by atoms with Crippen molar-refractivity contribution in [1.29, 1.82) is 0 Å². The number of hydrogen-bond donors (Lipinski definition) is 2. The first-order chi connectivity index (χ1) is 10.1. The Balaban J connectivity index is 1.46. The number of rotatable bonds is 4. The van der Waals surface area contributed by atoms with Crippen molar-refractivity contribution in [2.75, 3.05) is 26.2 Å². The molecule has 0 saturated carbocycles. The monoisotopic (exact) mass is 294 g/mol. The Labute approximate surface area is 128 Å². The molecule has 1 amide bonds. The van der Waals surface area contributed by atoms with Gasteiger partial charge in [-0.2, -0.15) is 0 Å². The summed E-state index contributed by atoms with van der Waals surface area (Å²) in [6.07, 6.45) is 7.37. The highest BCUT2D eigenvalue weighted by molar-refractivity contribution is 5.73. The van der Waals surface area contributed by atoms with E-state index in [-0.39, 0.29) is 5.91 Å². The third-order valence-corrected chi connectivity index (χ3v) is 5.51. The number of fused-ring (bicyclic) bond motifs is 2. The molecular formula is C16H30N4O. The summed E-state index contributed by atoms with van der Waals surface area (Å²) < 4.78 is 0. The number of hydrogen-bond acceptors (Lipinski definition) is 4. The van der Waals surface area contributed by atoms with Gasteiger partial charge in [0.05, 0.1) is 0 Å². The highest BCUT2D eigenvalue weighted by Crippen LogP contribution is 2.34. The van der Waals surface area contributed by atoms with Crippen molar-refractivity contribution in [3.8, 4) is 0 Å². The Morgan fingerprint density at radius 3 is 2.57 bits per heavy atom. The molecule has 3 saturated heterocycles. The van der Waals surface area contributed by atoms with E-state index in [2.05, 4.69) is 15.1 Å². The minimum atomic E-state index is 0.102. The van der Waals surface area contributed by atoms with Gasteiger partial charge in [-0.15, -0.1) is 0 Å². The summed E-state index contributed by atoms with van der Waals surface area (Å²) in [7, 11) is 0. The van der Waals surface area contributed by atoms with Crippen LogP contribution < -0.4 is 11.1 Å². The molecule has 3 aliphatic rings. The minimum absolute atomic E-state index is 0.102. The van der Waals surface area contributed by atoms with Crippen LogP contribution in [0.1, 0.15) is 45.4 Å². The van der Waals surface area contributed by atoms with Crippen LogP contribution in [0.2, 0.25) is 0 Å². The maximum Gasteiger partial charge on any atom is 0.217 e. The fraction of sp³-hybridized carbons (Fsp3) is 0.938. The minimum Gasteiger partial charge on any atom is -0.352 e. The SMILES string of the molecule is CC(=O)N[C@@H]1CCCN(CCN2[C@@H]3CC[C@H]2CC(N)C3)C1. The van der Waals surface area contributed by atoms with Crippen molar-refractivity contribution in [3.63, 3.8) is 0 Å². The highest BCUT2D eigenvalue weighted by atomic mass is 16.1. The molecule has 120 valence electrons. The molecule has 0 aromatic rings. The van der Waals surface area contributed by atoms with E-state index in [9.17, 15) is 4.79 Å². The Kier molecular flexibility index (Phi) is 4.82. The second-order valence-electron chi connectivity index (χ2n) is 7.19. The molecule has 3 aliphatic heterocycles. The van der Waals surface area contributed by atoms with Crippen molar-refractivity contribution >= 4 is 5.91 Å². The van der Waals surface area contributed by atoms with Crippen LogP contribution in [0.3, 0.4) is 0 Å². The lowest BCUT2D eigenvalue weighted by Crippen LogP contribution is -2.52. The van der Waals surface area contributed by atoms with Gasteiger partial charge in [0.15, 0.2) is 0 Å². The first-order valence-corrected chi connectivity index (χ1v) is 8.62. The Hall–Kier alpha value is -0.650. The summed E-state index contributed by atoms with van der Waals surface area (Å²) in [5.74, 6) is 0.102. The van der Waals surface area contributed by atoms with Gasteiger partial charge in [-0.05, 0) is 45.1 Å². The van der Waals surface area contributed by atoms with E-state index >= 15 is 0 Å². The smallest absolute Gasteiger partial charge is 0.217 e. The lowest BCUT2D eigenvalue weighted by atomic mass is 9.98. The number of piperidine rings is 2. The first kappa shape index (κ1) is 15.3. The Bertz CT molecular complexity index is 361. The Morgan fingerprint density at radius 1 is 1.19 bits per heavy atom. The molecule has 3 fully saturated rings. The number of likely N-dealkylation sites (tertiary alicyclic amines) is 1. The zero-order chi connectivity index (χ0) is 14.8. The maximum absolute atomic E-state index is 11.2. The number of carbonyl (C=O) groups is 1. The summed E-state index contributed by atoms with van der Waals surface area (Å²) in [5, 5.41) is 3.07. The van der Waals surface area contributed by atoms with Gasteiger partial charge in [0.1, 0.15) is 0 Å². The van der Waals surface area contributed by atoms with E-state index in [1.807, 2.05) is 0 Å². The molecule has 4 atom stereocenters. The molecule has 5 heteroatoms. The largest absolute Gasteiger partial charge is 0.352 e. The molecule has 21 heavy (non-hydrogen) atoms. The van der Waals surface area contributed by atoms with Gasteiger partial charge in [-0.25, -0.2) is 0 Å². The fourth-order valence-corrected chi connectivity index (χ4v) is 4.60. The zero-order valence-electron chi connectivity index (χ0n) is 13.3. The zero-order valence-corrected chi connectivity index (χ0v) is 13.3. The van der Waals surface area contributed by atoms with Gasteiger partial charge in [0.25, 0.3) is 0 Å². The highest BCUT2D eigenvalue weighted by Gasteiger charge is 2.39.